The maximum atomic E-state index is 11.6. The Morgan fingerprint density at radius 3 is 2.79 bits per heavy atom. The molecule has 0 spiro atoms. The third kappa shape index (κ3) is 2.95. The van der Waals surface area contributed by atoms with Crippen LogP contribution in [0.4, 0.5) is 0 Å². The van der Waals surface area contributed by atoms with Crippen LogP contribution in [0.25, 0.3) is 20.9 Å². The van der Waals surface area contributed by atoms with Gasteiger partial charge < -0.3 is 9.52 Å². The Hall–Kier alpha value is -1.13. The summed E-state index contributed by atoms with van der Waals surface area (Å²) in [6, 6.07) is 7.71. The molecule has 1 N–H and O–H groups in total. The van der Waals surface area contributed by atoms with Gasteiger partial charge in [0.15, 0.2) is 9.84 Å². The van der Waals surface area contributed by atoms with Crippen molar-refractivity contribution in [2.45, 2.75) is 16.6 Å². The molecule has 4 rings (SSSR count). The standard InChI is InChI=1S/C14H11ClN2O4S3/c15-11-7-3-1-2-4-9(7)22-12(11)13-16-17-14(21-13)23-10-6-24(19,20)5-8(10)18/h1-4,8,10,18H,5-6H2/t8-,10-/m1/s1. The minimum absolute atomic E-state index is 0.0970. The van der Waals surface area contributed by atoms with E-state index in [4.69, 9.17) is 16.0 Å². The fourth-order valence-electron chi connectivity index (χ4n) is 2.54. The van der Waals surface area contributed by atoms with E-state index in [2.05, 4.69) is 10.2 Å². The van der Waals surface area contributed by atoms with E-state index in [1.807, 2.05) is 24.3 Å². The molecule has 1 saturated heterocycles. The predicted molar refractivity (Wildman–Crippen MR) is 94.4 cm³/mol. The Labute approximate surface area is 150 Å². The molecule has 0 amide bonds. The first-order valence-corrected chi connectivity index (χ1v) is 10.9. The molecule has 2 aromatic heterocycles. The number of fused-ring (bicyclic) bond motifs is 1. The second-order valence-corrected chi connectivity index (χ2v) is 10.2. The molecule has 0 aliphatic carbocycles. The molecule has 6 nitrogen and oxygen atoms in total. The second kappa shape index (κ2) is 5.99. The number of hydrogen-bond donors (Lipinski definition) is 1. The van der Waals surface area contributed by atoms with E-state index in [0.29, 0.717) is 15.8 Å². The number of halogens is 1. The maximum Gasteiger partial charge on any atom is 0.277 e. The fraction of sp³-hybridized carbons (Fsp3) is 0.286. The highest BCUT2D eigenvalue weighted by Gasteiger charge is 2.38. The van der Waals surface area contributed by atoms with Crippen LogP contribution in [0, 0.1) is 0 Å². The largest absolute Gasteiger partial charge is 0.410 e. The van der Waals surface area contributed by atoms with Gasteiger partial charge in [0.25, 0.3) is 11.1 Å². The highest BCUT2D eigenvalue weighted by molar-refractivity contribution is 8.01. The van der Waals surface area contributed by atoms with Crippen LogP contribution in [0.5, 0.6) is 0 Å². The predicted octanol–water partition coefficient (Wildman–Crippen LogP) is 2.85. The Bertz CT molecular complexity index is 1010. The molecule has 1 fully saturated rings. The van der Waals surface area contributed by atoms with Crippen LogP contribution in [0.2, 0.25) is 5.02 Å². The lowest BCUT2D eigenvalue weighted by Crippen LogP contribution is -2.19. The van der Waals surface area contributed by atoms with Crippen LogP contribution in [0.3, 0.4) is 0 Å². The van der Waals surface area contributed by atoms with Gasteiger partial charge in [-0.05, 0) is 6.07 Å². The average Bonchev–Trinajstić information content (AvgIpc) is 3.17. The summed E-state index contributed by atoms with van der Waals surface area (Å²) >= 11 is 8.92. The molecule has 1 aliphatic rings. The zero-order chi connectivity index (χ0) is 16.9. The summed E-state index contributed by atoms with van der Waals surface area (Å²) in [6.07, 6.45) is -0.928. The molecule has 1 aliphatic heterocycles. The maximum absolute atomic E-state index is 11.6. The molecular weight excluding hydrogens is 392 g/mol. The monoisotopic (exact) mass is 402 g/mol. The van der Waals surface area contributed by atoms with Crippen molar-refractivity contribution in [1.29, 1.82) is 0 Å². The van der Waals surface area contributed by atoms with E-state index < -0.39 is 21.2 Å². The van der Waals surface area contributed by atoms with E-state index in [1.54, 1.807) is 0 Å². The Morgan fingerprint density at radius 2 is 2.08 bits per heavy atom. The zero-order valence-corrected chi connectivity index (χ0v) is 15.3. The first kappa shape index (κ1) is 16.3. The second-order valence-electron chi connectivity index (χ2n) is 5.42. The van der Waals surface area contributed by atoms with Gasteiger partial charge in [0, 0.05) is 10.1 Å². The van der Waals surface area contributed by atoms with E-state index in [-0.39, 0.29) is 16.7 Å². The van der Waals surface area contributed by atoms with Crippen molar-refractivity contribution in [2.75, 3.05) is 11.5 Å². The molecule has 3 heterocycles. The van der Waals surface area contributed by atoms with Crippen LogP contribution in [-0.2, 0) is 9.84 Å². The van der Waals surface area contributed by atoms with Gasteiger partial charge in [-0.15, -0.1) is 21.5 Å². The Balaban J connectivity index is 1.62. The van der Waals surface area contributed by atoms with Crippen molar-refractivity contribution < 1.29 is 17.9 Å². The summed E-state index contributed by atoms with van der Waals surface area (Å²) < 4.78 is 29.7. The Morgan fingerprint density at radius 1 is 1.29 bits per heavy atom. The molecule has 1 aromatic carbocycles. The van der Waals surface area contributed by atoms with Crippen molar-refractivity contribution in [1.82, 2.24) is 10.2 Å². The minimum atomic E-state index is -3.21. The number of benzene rings is 1. The van der Waals surface area contributed by atoms with E-state index in [1.165, 1.54) is 11.3 Å². The number of thiophene rings is 1. The summed E-state index contributed by atoms with van der Waals surface area (Å²) in [5.41, 5.74) is 0. The highest BCUT2D eigenvalue weighted by atomic mass is 35.5. The lowest BCUT2D eigenvalue weighted by molar-refractivity contribution is 0.207. The lowest BCUT2D eigenvalue weighted by Gasteiger charge is -2.07. The molecule has 24 heavy (non-hydrogen) atoms. The number of thioether (sulfide) groups is 1. The molecular formula is C14H11ClN2O4S3. The first-order valence-electron chi connectivity index (χ1n) is 6.99. The first-order chi connectivity index (χ1) is 11.4. The highest BCUT2D eigenvalue weighted by Crippen LogP contribution is 2.42. The minimum Gasteiger partial charge on any atom is -0.410 e. The van der Waals surface area contributed by atoms with Crippen molar-refractivity contribution in [2.24, 2.45) is 0 Å². The van der Waals surface area contributed by atoms with E-state index in [0.717, 1.165) is 21.8 Å². The van der Waals surface area contributed by atoms with Crippen molar-refractivity contribution in [3.8, 4) is 10.8 Å². The van der Waals surface area contributed by atoms with Crippen molar-refractivity contribution in [3.05, 3.63) is 29.3 Å². The molecule has 2 atom stereocenters. The molecule has 126 valence electrons. The molecule has 0 bridgehead atoms. The van der Waals surface area contributed by atoms with Gasteiger partial charge in [0.1, 0.15) is 4.88 Å². The number of aliphatic hydroxyl groups is 1. The Kier molecular flexibility index (Phi) is 4.08. The van der Waals surface area contributed by atoms with Crippen molar-refractivity contribution in [3.63, 3.8) is 0 Å². The quantitative estimate of drug-likeness (QED) is 0.719. The van der Waals surface area contributed by atoms with Crippen LogP contribution in [0.1, 0.15) is 0 Å². The summed E-state index contributed by atoms with van der Waals surface area (Å²) in [5, 5.41) is 19.0. The van der Waals surface area contributed by atoms with Gasteiger partial charge in [-0.1, -0.05) is 41.6 Å². The smallest absolute Gasteiger partial charge is 0.277 e. The lowest BCUT2D eigenvalue weighted by atomic mass is 10.2. The average molecular weight is 403 g/mol. The number of sulfone groups is 1. The van der Waals surface area contributed by atoms with Crippen LogP contribution >= 0.6 is 34.7 Å². The topological polar surface area (TPSA) is 93.3 Å². The number of aliphatic hydroxyl groups excluding tert-OH is 1. The number of nitrogens with zero attached hydrogens (tertiary/aromatic N) is 2. The molecule has 10 heteroatoms. The van der Waals surface area contributed by atoms with Crippen LogP contribution in [-0.4, -0.2) is 46.6 Å². The molecule has 0 saturated carbocycles. The van der Waals surface area contributed by atoms with E-state index >= 15 is 0 Å². The normalized spacial score (nSPS) is 23.1. The van der Waals surface area contributed by atoms with Gasteiger partial charge in [-0.2, -0.15) is 0 Å². The fourth-order valence-corrected chi connectivity index (χ4v) is 7.33. The van der Waals surface area contributed by atoms with Gasteiger partial charge >= 0.3 is 0 Å². The van der Waals surface area contributed by atoms with Crippen molar-refractivity contribution >= 4 is 54.6 Å². The SMILES string of the molecule is O=S1(=O)C[C@@H](O)[C@H](Sc2nnc(-c3sc4ccccc4c3Cl)o2)C1. The summed E-state index contributed by atoms with van der Waals surface area (Å²) in [4.78, 5) is 0.678. The van der Waals surface area contributed by atoms with Gasteiger partial charge in [0.05, 0.1) is 27.9 Å². The molecule has 0 unspecified atom stereocenters. The summed E-state index contributed by atoms with van der Waals surface area (Å²) in [7, 11) is -3.21. The summed E-state index contributed by atoms with van der Waals surface area (Å²) in [5.74, 6) is -0.0346. The van der Waals surface area contributed by atoms with Gasteiger partial charge in [0.2, 0.25) is 0 Å². The third-order valence-electron chi connectivity index (χ3n) is 3.66. The van der Waals surface area contributed by atoms with E-state index in [9.17, 15) is 13.5 Å². The van der Waals surface area contributed by atoms with Gasteiger partial charge in [-0.3, -0.25) is 0 Å². The number of rotatable bonds is 3. The molecule has 0 radical (unpaired) electrons. The van der Waals surface area contributed by atoms with Crippen LogP contribution < -0.4 is 0 Å². The third-order valence-corrected chi connectivity index (χ3v) is 8.40. The number of hydrogen-bond acceptors (Lipinski definition) is 8. The number of aromatic nitrogens is 2. The van der Waals surface area contributed by atoms with Gasteiger partial charge in [-0.25, -0.2) is 8.42 Å². The van der Waals surface area contributed by atoms with Crippen LogP contribution in [0.15, 0.2) is 33.9 Å². The summed E-state index contributed by atoms with van der Waals surface area (Å²) in [6.45, 7) is 0. The zero-order valence-electron chi connectivity index (χ0n) is 12.0. The molecule has 3 aromatic rings.